The van der Waals surface area contributed by atoms with Gasteiger partial charge in [0.1, 0.15) is 43.4 Å². The van der Waals surface area contributed by atoms with Crippen molar-refractivity contribution in [1.82, 2.24) is 0 Å². The molecular formula is C35H52O14. The third kappa shape index (κ3) is 5.47. The molecule has 7 N–H and O–H groups in total. The van der Waals surface area contributed by atoms with Crippen molar-refractivity contribution in [2.24, 2.45) is 28.6 Å². The zero-order valence-corrected chi connectivity index (χ0v) is 28.1. The van der Waals surface area contributed by atoms with Crippen molar-refractivity contribution < 1.29 is 69.0 Å². The van der Waals surface area contributed by atoms with E-state index in [0.717, 1.165) is 18.3 Å². The molecule has 0 bridgehead atoms. The van der Waals surface area contributed by atoms with Crippen LogP contribution in [0.5, 0.6) is 0 Å². The van der Waals surface area contributed by atoms with Crippen molar-refractivity contribution in [3.8, 4) is 0 Å². The van der Waals surface area contributed by atoms with Crippen LogP contribution in [0.25, 0.3) is 0 Å². The lowest BCUT2D eigenvalue weighted by Crippen LogP contribution is -2.69. The highest BCUT2D eigenvalue weighted by atomic mass is 16.7. The summed E-state index contributed by atoms with van der Waals surface area (Å²) in [6, 6.07) is 0. The zero-order valence-electron chi connectivity index (χ0n) is 28.1. The minimum Gasteiger partial charge on any atom is -0.458 e. The second-order valence-corrected chi connectivity index (χ2v) is 16.1. The topological polar surface area (TPSA) is 222 Å². The molecule has 0 aromatic heterocycles. The van der Waals surface area contributed by atoms with Crippen molar-refractivity contribution in [3.05, 3.63) is 11.6 Å². The Hall–Kier alpha value is -1.56. The van der Waals surface area contributed by atoms with Gasteiger partial charge in [0.05, 0.1) is 41.5 Å². The summed E-state index contributed by atoms with van der Waals surface area (Å²) < 4.78 is 28.9. The summed E-state index contributed by atoms with van der Waals surface area (Å²) in [7, 11) is 0. The average molecular weight is 697 g/mol. The molecule has 4 aliphatic carbocycles. The fourth-order valence-electron chi connectivity index (χ4n) is 11.3. The summed E-state index contributed by atoms with van der Waals surface area (Å²) in [6.45, 7) is 3.42. The van der Waals surface area contributed by atoms with Gasteiger partial charge in [0.25, 0.3) is 0 Å². The number of cyclic esters (lactones) is 1. The maximum Gasteiger partial charge on any atom is 0.331 e. The van der Waals surface area contributed by atoms with Gasteiger partial charge in [-0.1, -0.05) is 6.92 Å². The molecule has 3 heterocycles. The highest BCUT2D eigenvalue weighted by Crippen LogP contribution is 2.70. The van der Waals surface area contributed by atoms with Crippen molar-refractivity contribution in [2.45, 2.75) is 151 Å². The number of aliphatic hydroxyl groups excluding tert-OH is 5. The molecule has 7 rings (SSSR count). The van der Waals surface area contributed by atoms with Gasteiger partial charge in [0.2, 0.25) is 0 Å². The molecule has 0 aromatic rings. The number of hydrogen-bond donors (Lipinski definition) is 7. The first-order chi connectivity index (χ1) is 23.2. The van der Waals surface area contributed by atoms with Crippen molar-refractivity contribution in [2.75, 3.05) is 13.2 Å². The third-order valence-corrected chi connectivity index (χ3v) is 14.0. The fourth-order valence-corrected chi connectivity index (χ4v) is 11.3. The quantitative estimate of drug-likeness (QED) is 0.102. The van der Waals surface area contributed by atoms with Gasteiger partial charge in [-0.15, -0.1) is 0 Å². The molecule has 276 valence electrons. The number of ether oxygens (including phenoxy) is 5. The van der Waals surface area contributed by atoms with Crippen molar-refractivity contribution >= 4 is 12.3 Å². The highest BCUT2D eigenvalue weighted by Gasteiger charge is 2.71. The molecule has 0 spiro atoms. The molecule has 0 aromatic carbocycles. The fraction of sp³-hybridized carbons (Fsp3) is 0.886. The van der Waals surface area contributed by atoms with E-state index in [1.165, 1.54) is 0 Å². The summed E-state index contributed by atoms with van der Waals surface area (Å²) in [5.41, 5.74) is -2.94. The van der Waals surface area contributed by atoms with Crippen LogP contribution in [0.1, 0.15) is 78.1 Å². The minimum absolute atomic E-state index is 0.00470. The number of carbonyl (C=O) groups excluding carboxylic acids is 2. The lowest BCUT2D eigenvalue weighted by Gasteiger charge is -2.65. The second kappa shape index (κ2) is 12.8. The van der Waals surface area contributed by atoms with Crippen molar-refractivity contribution in [3.63, 3.8) is 0 Å². The predicted molar refractivity (Wildman–Crippen MR) is 166 cm³/mol. The van der Waals surface area contributed by atoms with Gasteiger partial charge >= 0.3 is 5.97 Å². The Morgan fingerprint density at radius 2 is 1.69 bits per heavy atom. The third-order valence-electron chi connectivity index (χ3n) is 14.0. The van der Waals surface area contributed by atoms with E-state index in [-0.39, 0.29) is 43.2 Å². The monoisotopic (exact) mass is 696 g/mol. The van der Waals surface area contributed by atoms with Crippen LogP contribution < -0.4 is 0 Å². The number of aldehydes is 1. The van der Waals surface area contributed by atoms with Gasteiger partial charge in [0, 0.05) is 24.3 Å². The predicted octanol–water partition coefficient (Wildman–Crippen LogP) is -0.397. The van der Waals surface area contributed by atoms with Crippen molar-refractivity contribution in [1.29, 1.82) is 0 Å². The Bertz CT molecular complexity index is 1300. The summed E-state index contributed by atoms with van der Waals surface area (Å²) >= 11 is 0. The van der Waals surface area contributed by atoms with Crippen LogP contribution in [0.15, 0.2) is 11.6 Å². The molecule has 0 amide bonds. The van der Waals surface area contributed by atoms with Crippen LogP contribution in [0.3, 0.4) is 0 Å². The molecule has 14 nitrogen and oxygen atoms in total. The molecule has 7 aliphatic rings. The molecule has 17 atom stereocenters. The van der Waals surface area contributed by atoms with Gasteiger partial charge in [0.15, 0.2) is 12.6 Å². The zero-order chi connectivity index (χ0) is 35.1. The number of esters is 1. The van der Waals surface area contributed by atoms with E-state index < -0.39 is 90.1 Å². The number of hydrogen-bond acceptors (Lipinski definition) is 14. The van der Waals surface area contributed by atoms with Gasteiger partial charge in [-0.2, -0.15) is 0 Å². The maximum absolute atomic E-state index is 13.2. The molecule has 0 unspecified atom stereocenters. The van der Waals surface area contributed by atoms with E-state index in [0.29, 0.717) is 44.9 Å². The Kier molecular flexibility index (Phi) is 9.38. The van der Waals surface area contributed by atoms with Gasteiger partial charge in [-0.3, -0.25) is 0 Å². The second-order valence-electron chi connectivity index (χ2n) is 16.1. The van der Waals surface area contributed by atoms with E-state index in [1.54, 1.807) is 13.0 Å². The molecule has 49 heavy (non-hydrogen) atoms. The van der Waals surface area contributed by atoms with E-state index >= 15 is 0 Å². The number of carbonyl (C=O) groups is 2. The summed E-state index contributed by atoms with van der Waals surface area (Å²) in [4.78, 5) is 25.0. The van der Waals surface area contributed by atoms with Crippen LogP contribution in [-0.2, 0) is 33.3 Å². The Balaban J connectivity index is 1.00. The van der Waals surface area contributed by atoms with E-state index in [9.17, 15) is 45.3 Å². The number of fused-ring (bicyclic) bond motifs is 5. The molecule has 6 fully saturated rings. The average Bonchev–Trinajstić information content (AvgIpc) is 3.61. The lowest BCUT2D eigenvalue weighted by atomic mass is 9.41. The van der Waals surface area contributed by atoms with Crippen LogP contribution in [-0.4, -0.2) is 134 Å². The molecule has 4 saturated carbocycles. The van der Waals surface area contributed by atoms with Crippen LogP contribution in [0.4, 0.5) is 0 Å². The number of rotatable bonds is 7. The number of aliphatic hydroxyl groups is 7. The summed E-state index contributed by atoms with van der Waals surface area (Å²) in [5.74, 6) is -0.688. The highest BCUT2D eigenvalue weighted by molar-refractivity contribution is 5.85. The molecule has 0 radical (unpaired) electrons. The molecular weight excluding hydrogens is 644 g/mol. The standard InChI is InChI=1S/C35H52O14/c1-17-30(49-31-29(42)28(41)27(40)24(14-36)48-31)23(38)12-26(46-17)47-19-3-8-33(16-37)21-4-7-32(2)20(18-11-25(39)45-15-18)6-10-35(32,44)22(21)5-9-34(33,43)13-19/h11,16-17,19-24,26-31,36,38,40-44H,3-10,12-15H2,1-2H3/t17-,19-,20-,21+,22+,23-,24+,26+,27+,28+,29-,30-,31-,32+,33-,34+,35+/m0/s1. The Labute approximate surface area is 285 Å². The minimum atomic E-state index is -1.62. The van der Waals surface area contributed by atoms with E-state index in [2.05, 4.69) is 6.92 Å². The normalized spacial score (nSPS) is 54.3. The summed E-state index contributed by atoms with van der Waals surface area (Å²) in [6.07, 6.45) is -4.38. The van der Waals surface area contributed by atoms with Crippen LogP contribution in [0.2, 0.25) is 0 Å². The first-order valence-corrected chi connectivity index (χ1v) is 17.9. The largest absolute Gasteiger partial charge is 0.458 e. The van der Waals surface area contributed by atoms with E-state index in [4.69, 9.17) is 23.7 Å². The molecule has 14 heteroatoms. The van der Waals surface area contributed by atoms with E-state index in [1.807, 2.05) is 0 Å². The van der Waals surface area contributed by atoms with Gasteiger partial charge in [-0.05, 0) is 81.6 Å². The maximum atomic E-state index is 13.2. The smallest absolute Gasteiger partial charge is 0.331 e. The molecule has 2 saturated heterocycles. The van der Waals surface area contributed by atoms with Crippen LogP contribution >= 0.6 is 0 Å². The molecule has 3 aliphatic heterocycles. The first kappa shape index (κ1) is 35.8. The van der Waals surface area contributed by atoms with Crippen LogP contribution in [0, 0.1) is 28.6 Å². The van der Waals surface area contributed by atoms with Gasteiger partial charge in [-0.25, -0.2) is 4.79 Å². The van der Waals surface area contributed by atoms with Gasteiger partial charge < -0.3 is 64.2 Å². The first-order valence-electron chi connectivity index (χ1n) is 17.9. The Morgan fingerprint density at radius 1 is 0.939 bits per heavy atom. The SMILES string of the molecule is C[C@@H]1O[C@H](O[C@H]2CC[C@]3(C=O)[C@@H]4CC[C@]5(C)[C@H](C6=CC(=O)OC6)CC[C@@]5(O)[C@@H]4CC[C@@]3(O)C2)C[C@H](O)[C@H]1O[C@@H]1O[C@H](CO)[C@@H](O)[C@@H](O)[C@@H]1O. The Morgan fingerprint density at radius 3 is 2.37 bits per heavy atom. The lowest BCUT2D eigenvalue weighted by molar-refractivity contribution is -0.345. The summed E-state index contributed by atoms with van der Waals surface area (Å²) in [5, 5.41) is 75.9.